The summed E-state index contributed by atoms with van der Waals surface area (Å²) in [5.74, 6) is -0.354. The van der Waals surface area contributed by atoms with E-state index >= 15 is 0 Å². The normalized spacial score (nSPS) is 11.5. The number of hydrogen-bond acceptors (Lipinski definition) is 6. The molecule has 0 saturated heterocycles. The highest BCUT2D eigenvalue weighted by molar-refractivity contribution is 9.10. The highest BCUT2D eigenvalue weighted by Gasteiger charge is 2.17. The number of primary sulfonamides is 1. The monoisotopic (exact) mass is 559 g/mol. The van der Waals surface area contributed by atoms with E-state index in [1.165, 1.54) is 56.7 Å². The Balaban J connectivity index is 1.90. The van der Waals surface area contributed by atoms with Crippen LogP contribution >= 0.6 is 15.9 Å². The molecule has 0 saturated carbocycles. The summed E-state index contributed by atoms with van der Waals surface area (Å²) < 4.78 is 34.2. The molecular formula is C24H22BrN3O6S. The molecule has 0 spiro atoms. The third kappa shape index (κ3) is 6.92. The number of nitrogens with two attached hydrogens (primary N) is 1. The zero-order chi connectivity index (χ0) is 25.6. The minimum absolute atomic E-state index is 0.0392. The van der Waals surface area contributed by atoms with Gasteiger partial charge >= 0.3 is 0 Å². The van der Waals surface area contributed by atoms with Gasteiger partial charge in [0.15, 0.2) is 11.5 Å². The molecule has 0 aliphatic rings. The van der Waals surface area contributed by atoms with Crippen molar-refractivity contribution in [1.29, 1.82) is 0 Å². The summed E-state index contributed by atoms with van der Waals surface area (Å²) in [6.45, 7) is 0. The van der Waals surface area contributed by atoms with Crippen molar-refractivity contribution in [3.63, 3.8) is 0 Å². The lowest BCUT2D eigenvalue weighted by Gasteiger charge is -2.13. The molecule has 0 aromatic heterocycles. The molecule has 35 heavy (non-hydrogen) atoms. The van der Waals surface area contributed by atoms with E-state index in [0.717, 1.165) is 4.47 Å². The van der Waals surface area contributed by atoms with Gasteiger partial charge in [-0.1, -0.05) is 28.1 Å². The molecule has 0 aliphatic carbocycles. The number of amides is 2. The molecule has 0 fully saturated rings. The smallest absolute Gasteiger partial charge is 0.272 e. The first-order chi connectivity index (χ1) is 16.6. The number of halogens is 1. The van der Waals surface area contributed by atoms with E-state index in [0.29, 0.717) is 22.7 Å². The largest absolute Gasteiger partial charge is 0.493 e. The molecule has 3 aromatic rings. The number of rotatable bonds is 8. The highest BCUT2D eigenvalue weighted by Crippen LogP contribution is 2.27. The van der Waals surface area contributed by atoms with Crippen LogP contribution in [0.4, 0.5) is 5.69 Å². The van der Waals surface area contributed by atoms with Gasteiger partial charge in [-0.25, -0.2) is 13.6 Å². The molecule has 0 bridgehead atoms. The first kappa shape index (κ1) is 25.9. The van der Waals surface area contributed by atoms with Gasteiger partial charge in [-0.3, -0.25) is 9.59 Å². The zero-order valence-electron chi connectivity index (χ0n) is 18.7. The van der Waals surface area contributed by atoms with Crippen molar-refractivity contribution in [2.45, 2.75) is 4.90 Å². The Morgan fingerprint density at radius 3 is 2.11 bits per heavy atom. The number of benzene rings is 3. The van der Waals surface area contributed by atoms with Crippen LogP contribution in [0.1, 0.15) is 15.9 Å². The maximum Gasteiger partial charge on any atom is 0.272 e. The van der Waals surface area contributed by atoms with E-state index in [4.69, 9.17) is 14.6 Å². The highest BCUT2D eigenvalue weighted by atomic mass is 79.9. The molecule has 3 rings (SSSR count). The van der Waals surface area contributed by atoms with Crippen molar-refractivity contribution in [2.75, 3.05) is 19.5 Å². The van der Waals surface area contributed by atoms with Crippen molar-refractivity contribution < 1.29 is 27.5 Å². The summed E-state index contributed by atoms with van der Waals surface area (Å²) in [4.78, 5) is 25.9. The second-order valence-corrected chi connectivity index (χ2v) is 9.63. The number of carbonyl (C=O) groups is 2. The summed E-state index contributed by atoms with van der Waals surface area (Å²) in [7, 11) is -0.936. The first-order valence-electron chi connectivity index (χ1n) is 10.1. The topological polar surface area (TPSA) is 137 Å². The number of sulfonamides is 1. The molecule has 0 atom stereocenters. The molecule has 182 valence electrons. The molecule has 11 heteroatoms. The van der Waals surface area contributed by atoms with Gasteiger partial charge in [-0.15, -0.1) is 0 Å². The van der Waals surface area contributed by atoms with Crippen molar-refractivity contribution >= 4 is 49.5 Å². The van der Waals surface area contributed by atoms with E-state index < -0.39 is 21.8 Å². The maximum atomic E-state index is 13.1. The Hall–Kier alpha value is -3.67. The van der Waals surface area contributed by atoms with Crippen LogP contribution in [-0.2, 0) is 14.8 Å². The minimum atomic E-state index is -3.87. The van der Waals surface area contributed by atoms with Crippen molar-refractivity contribution in [3.05, 3.63) is 88.0 Å². The van der Waals surface area contributed by atoms with Crippen molar-refractivity contribution in [1.82, 2.24) is 5.32 Å². The predicted octanol–water partition coefficient (Wildman–Crippen LogP) is 3.52. The average molecular weight is 560 g/mol. The number of carbonyl (C=O) groups excluding carboxylic acids is 2. The maximum absolute atomic E-state index is 13.1. The van der Waals surface area contributed by atoms with Gasteiger partial charge in [0.05, 0.1) is 19.1 Å². The average Bonchev–Trinajstić information content (AvgIpc) is 2.84. The quantitative estimate of drug-likeness (QED) is 0.361. The standard InChI is InChI=1S/C24H22BrN3O6S/c1-33-21-12-5-16(14-22(21)34-2)23(29)28-20(13-15-3-6-17(25)7-4-15)24(30)27-18-8-10-19(11-9-18)35(26,31)32/h3-14H,1-2H3,(H,27,30)(H,28,29)(H2,26,31,32). The van der Waals surface area contributed by atoms with Gasteiger partial charge in [-0.05, 0) is 66.2 Å². The van der Waals surface area contributed by atoms with Gasteiger partial charge in [0.1, 0.15) is 5.70 Å². The molecule has 0 aliphatic heterocycles. The summed E-state index contributed by atoms with van der Waals surface area (Å²) in [6, 6.07) is 17.1. The third-order valence-corrected chi connectivity index (χ3v) is 6.22. The van der Waals surface area contributed by atoms with Crippen LogP contribution in [0, 0.1) is 0 Å². The van der Waals surface area contributed by atoms with Gasteiger partial charge in [-0.2, -0.15) is 0 Å². The molecule has 3 aromatic carbocycles. The van der Waals surface area contributed by atoms with Crippen LogP contribution in [0.15, 0.2) is 81.8 Å². The zero-order valence-corrected chi connectivity index (χ0v) is 21.1. The SMILES string of the molecule is COc1ccc(C(=O)NC(=Cc2ccc(Br)cc2)C(=O)Nc2ccc(S(N)(=O)=O)cc2)cc1OC. The molecule has 0 heterocycles. The van der Waals surface area contributed by atoms with Crippen LogP contribution in [0.5, 0.6) is 11.5 Å². The molecule has 9 nitrogen and oxygen atoms in total. The van der Waals surface area contributed by atoms with Crippen LogP contribution in [0.25, 0.3) is 6.08 Å². The number of anilines is 1. The summed E-state index contributed by atoms with van der Waals surface area (Å²) >= 11 is 3.36. The van der Waals surface area contributed by atoms with Gasteiger partial charge < -0.3 is 20.1 Å². The Bertz CT molecular complexity index is 1370. The number of ether oxygens (including phenoxy) is 2. The van der Waals surface area contributed by atoms with Crippen molar-refractivity contribution in [3.8, 4) is 11.5 Å². The molecular weight excluding hydrogens is 538 g/mol. The van der Waals surface area contributed by atoms with Crippen LogP contribution in [0.2, 0.25) is 0 Å². The summed E-state index contributed by atoms with van der Waals surface area (Å²) in [5.41, 5.74) is 1.18. The molecule has 0 unspecified atom stereocenters. The number of methoxy groups -OCH3 is 2. The Labute approximate surface area is 211 Å². The van der Waals surface area contributed by atoms with Crippen LogP contribution < -0.4 is 25.2 Å². The summed E-state index contributed by atoms with van der Waals surface area (Å²) in [6.07, 6.45) is 1.51. The van der Waals surface area contributed by atoms with Crippen molar-refractivity contribution in [2.24, 2.45) is 5.14 Å². The van der Waals surface area contributed by atoms with E-state index in [1.54, 1.807) is 30.3 Å². The molecule has 4 N–H and O–H groups in total. The Morgan fingerprint density at radius 2 is 1.54 bits per heavy atom. The van der Waals surface area contributed by atoms with Gasteiger partial charge in [0.2, 0.25) is 10.0 Å². The van der Waals surface area contributed by atoms with Gasteiger partial charge in [0, 0.05) is 15.7 Å². The Kier molecular flexibility index (Phi) is 8.28. The van der Waals surface area contributed by atoms with E-state index in [-0.39, 0.29) is 16.2 Å². The Morgan fingerprint density at radius 1 is 0.914 bits per heavy atom. The molecule has 2 amide bonds. The second kappa shape index (κ2) is 11.2. The number of nitrogens with one attached hydrogen (secondary N) is 2. The van der Waals surface area contributed by atoms with E-state index in [9.17, 15) is 18.0 Å². The third-order valence-electron chi connectivity index (χ3n) is 4.76. The lowest BCUT2D eigenvalue weighted by atomic mass is 10.1. The lowest BCUT2D eigenvalue weighted by Crippen LogP contribution is -2.30. The number of hydrogen-bond donors (Lipinski definition) is 3. The van der Waals surface area contributed by atoms with Crippen LogP contribution in [-0.4, -0.2) is 34.5 Å². The fourth-order valence-electron chi connectivity index (χ4n) is 2.98. The van der Waals surface area contributed by atoms with E-state index in [1.807, 2.05) is 0 Å². The fraction of sp³-hybridized carbons (Fsp3) is 0.0833. The van der Waals surface area contributed by atoms with E-state index in [2.05, 4.69) is 26.6 Å². The fourth-order valence-corrected chi connectivity index (χ4v) is 3.76. The summed E-state index contributed by atoms with van der Waals surface area (Å²) in [5, 5.41) is 10.4. The molecule has 0 radical (unpaired) electrons. The lowest BCUT2D eigenvalue weighted by molar-refractivity contribution is -0.113. The predicted molar refractivity (Wildman–Crippen MR) is 136 cm³/mol. The van der Waals surface area contributed by atoms with Crippen LogP contribution in [0.3, 0.4) is 0 Å². The second-order valence-electron chi connectivity index (χ2n) is 7.16. The van der Waals surface area contributed by atoms with Gasteiger partial charge in [0.25, 0.3) is 11.8 Å². The first-order valence-corrected chi connectivity index (χ1v) is 12.4. The minimum Gasteiger partial charge on any atom is -0.493 e.